The smallest absolute Gasteiger partial charge is 0.0776 e. The number of rotatable bonds is 5. The van der Waals surface area contributed by atoms with E-state index in [1.54, 1.807) is 0 Å². The third-order valence-electron chi connectivity index (χ3n) is 3.29. The third kappa shape index (κ3) is 3.19. The predicted molar refractivity (Wildman–Crippen MR) is 80.7 cm³/mol. The summed E-state index contributed by atoms with van der Waals surface area (Å²) in [6, 6.07) is 6.82. The first-order valence-electron chi connectivity index (χ1n) is 6.73. The van der Waals surface area contributed by atoms with Crippen LogP contribution in [0.5, 0.6) is 0 Å². The van der Waals surface area contributed by atoms with Gasteiger partial charge in [0.15, 0.2) is 0 Å². The van der Waals surface area contributed by atoms with Crippen molar-refractivity contribution < 1.29 is 0 Å². The molecule has 4 heteroatoms. The van der Waals surface area contributed by atoms with Gasteiger partial charge in [0, 0.05) is 0 Å². The molecule has 102 valence electrons. The Morgan fingerprint density at radius 3 is 2.68 bits per heavy atom. The lowest BCUT2D eigenvalue weighted by Crippen LogP contribution is -2.24. The SMILES string of the molecule is CCCNC(c1cc(C)ccc1C)c1snnc1C. The summed E-state index contributed by atoms with van der Waals surface area (Å²) in [5.41, 5.74) is 4.97. The highest BCUT2D eigenvalue weighted by Crippen LogP contribution is 2.29. The van der Waals surface area contributed by atoms with Gasteiger partial charge in [-0.15, -0.1) is 5.10 Å². The van der Waals surface area contributed by atoms with Gasteiger partial charge in [-0.25, -0.2) is 0 Å². The molecular formula is C15H21N3S. The zero-order valence-electron chi connectivity index (χ0n) is 12.0. The van der Waals surface area contributed by atoms with E-state index in [0.29, 0.717) is 0 Å². The van der Waals surface area contributed by atoms with E-state index in [1.807, 2.05) is 6.92 Å². The van der Waals surface area contributed by atoms with Crippen molar-refractivity contribution in [2.24, 2.45) is 0 Å². The molecule has 0 saturated carbocycles. The van der Waals surface area contributed by atoms with Gasteiger partial charge in [-0.05, 0) is 56.4 Å². The molecule has 3 nitrogen and oxygen atoms in total. The van der Waals surface area contributed by atoms with Gasteiger partial charge in [-0.2, -0.15) is 0 Å². The summed E-state index contributed by atoms with van der Waals surface area (Å²) < 4.78 is 4.08. The zero-order chi connectivity index (χ0) is 13.8. The molecule has 0 radical (unpaired) electrons. The summed E-state index contributed by atoms with van der Waals surface area (Å²) >= 11 is 1.49. The first-order valence-corrected chi connectivity index (χ1v) is 7.50. The Labute approximate surface area is 119 Å². The fraction of sp³-hybridized carbons (Fsp3) is 0.467. The summed E-state index contributed by atoms with van der Waals surface area (Å²) in [5, 5.41) is 7.78. The molecule has 0 aliphatic carbocycles. The molecule has 0 fully saturated rings. The lowest BCUT2D eigenvalue weighted by Gasteiger charge is -2.20. The largest absolute Gasteiger partial charge is 0.305 e. The van der Waals surface area contributed by atoms with E-state index < -0.39 is 0 Å². The van der Waals surface area contributed by atoms with Crippen LogP contribution in [0.2, 0.25) is 0 Å². The molecule has 0 amide bonds. The number of hydrogen-bond acceptors (Lipinski definition) is 4. The Morgan fingerprint density at radius 1 is 1.26 bits per heavy atom. The van der Waals surface area contributed by atoms with Gasteiger partial charge in [0.25, 0.3) is 0 Å². The molecule has 2 rings (SSSR count). The van der Waals surface area contributed by atoms with Crippen molar-refractivity contribution in [2.75, 3.05) is 6.54 Å². The van der Waals surface area contributed by atoms with Crippen LogP contribution in [0.25, 0.3) is 0 Å². The van der Waals surface area contributed by atoms with Crippen LogP contribution < -0.4 is 5.32 Å². The lowest BCUT2D eigenvalue weighted by atomic mass is 9.97. The van der Waals surface area contributed by atoms with Gasteiger partial charge in [-0.1, -0.05) is 35.2 Å². The lowest BCUT2D eigenvalue weighted by molar-refractivity contribution is 0.600. The Hall–Kier alpha value is -1.26. The van der Waals surface area contributed by atoms with Crippen LogP contribution in [0, 0.1) is 20.8 Å². The maximum absolute atomic E-state index is 4.15. The van der Waals surface area contributed by atoms with Gasteiger partial charge >= 0.3 is 0 Å². The molecule has 1 unspecified atom stereocenters. The second kappa shape index (κ2) is 6.26. The number of aromatic nitrogens is 2. The molecule has 0 aliphatic heterocycles. The van der Waals surface area contributed by atoms with Crippen LogP contribution in [-0.4, -0.2) is 16.1 Å². The van der Waals surface area contributed by atoms with Gasteiger partial charge in [0.05, 0.1) is 16.6 Å². The maximum Gasteiger partial charge on any atom is 0.0776 e. The summed E-state index contributed by atoms with van der Waals surface area (Å²) in [7, 11) is 0. The number of hydrogen-bond donors (Lipinski definition) is 1. The van der Waals surface area contributed by atoms with E-state index in [0.717, 1.165) is 18.7 Å². The van der Waals surface area contributed by atoms with Crippen molar-refractivity contribution in [3.63, 3.8) is 0 Å². The quantitative estimate of drug-likeness (QED) is 0.906. The third-order valence-corrected chi connectivity index (χ3v) is 4.18. The summed E-state index contributed by atoms with van der Waals surface area (Å²) in [6.45, 7) is 9.52. The van der Waals surface area contributed by atoms with E-state index >= 15 is 0 Å². The maximum atomic E-state index is 4.15. The monoisotopic (exact) mass is 275 g/mol. The molecule has 0 spiro atoms. The zero-order valence-corrected chi connectivity index (χ0v) is 12.8. The molecule has 1 N–H and O–H groups in total. The highest BCUT2D eigenvalue weighted by molar-refractivity contribution is 7.05. The van der Waals surface area contributed by atoms with Crippen LogP contribution in [0.4, 0.5) is 0 Å². The van der Waals surface area contributed by atoms with Crippen molar-refractivity contribution in [2.45, 2.75) is 40.2 Å². The van der Waals surface area contributed by atoms with Crippen molar-refractivity contribution in [1.82, 2.24) is 14.9 Å². The van der Waals surface area contributed by atoms with Gasteiger partial charge in [0.1, 0.15) is 0 Å². The van der Waals surface area contributed by atoms with E-state index in [1.165, 1.54) is 33.1 Å². The van der Waals surface area contributed by atoms with Crippen LogP contribution >= 0.6 is 11.5 Å². The number of nitrogens with zero attached hydrogens (tertiary/aromatic N) is 2. The van der Waals surface area contributed by atoms with Gasteiger partial charge in [-0.3, -0.25) is 0 Å². The fourth-order valence-electron chi connectivity index (χ4n) is 2.21. The van der Waals surface area contributed by atoms with Gasteiger partial charge < -0.3 is 5.32 Å². The minimum absolute atomic E-state index is 0.208. The highest BCUT2D eigenvalue weighted by Gasteiger charge is 2.20. The summed E-state index contributed by atoms with van der Waals surface area (Å²) in [6.07, 6.45) is 1.12. The minimum atomic E-state index is 0.208. The number of aryl methyl sites for hydroxylation is 3. The number of benzene rings is 1. The molecule has 2 aromatic rings. The van der Waals surface area contributed by atoms with Crippen molar-refractivity contribution >= 4 is 11.5 Å². The average molecular weight is 275 g/mol. The molecule has 0 aliphatic rings. The normalized spacial score (nSPS) is 12.6. The molecule has 1 atom stereocenters. The molecule has 1 aromatic carbocycles. The van der Waals surface area contributed by atoms with E-state index in [9.17, 15) is 0 Å². The molecule has 19 heavy (non-hydrogen) atoms. The van der Waals surface area contributed by atoms with E-state index in [4.69, 9.17) is 0 Å². The molecule has 0 saturated heterocycles. The average Bonchev–Trinajstić information content (AvgIpc) is 2.80. The van der Waals surface area contributed by atoms with Crippen LogP contribution in [-0.2, 0) is 0 Å². The molecule has 0 bridgehead atoms. The van der Waals surface area contributed by atoms with Crippen LogP contribution in [0.15, 0.2) is 18.2 Å². The van der Waals surface area contributed by atoms with Crippen LogP contribution in [0.1, 0.15) is 46.6 Å². The minimum Gasteiger partial charge on any atom is -0.305 e. The molecule has 1 aromatic heterocycles. The van der Waals surface area contributed by atoms with E-state index in [2.05, 4.69) is 53.9 Å². The second-order valence-electron chi connectivity index (χ2n) is 4.97. The topological polar surface area (TPSA) is 37.8 Å². The summed E-state index contributed by atoms with van der Waals surface area (Å²) in [5.74, 6) is 0. The Bertz CT molecular complexity index is 548. The number of nitrogens with one attached hydrogen (secondary N) is 1. The first-order chi connectivity index (χ1) is 9.13. The van der Waals surface area contributed by atoms with Crippen molar-refractivity contribution in [1.29, 1.82) is 0 Å². The standard InChI is InChI=1S/C15H21N3S/c1-5-8-16-14(15-12(4)17-18-19-15)13-9-10(2)6-7-11(13)3/h6-7,9,14,16H,5,8H2,1-4H3. The Balaban J connectivity index is 2.42. The Kier molecular flexibility index (Phi) is 4.66. The van der Waals surface area contributed by atoms with Crippen molar-refractivity contribution in [3.8, 4) is 0 Å². The fourth-order valence-corrected chi connectivity index (χ4v) is 2.95. The predicted octanol–water partition coefficient (Wildman–Crippen LogP) is 3.55. The second-order valence-corrected chi connectivity index (χ2v) is 5.76. The Morgan fingerprint density at radius 2 is 2.05 bits per heavy atom. The van der Waals surface area contributed by atoms with E-state index in [-0.39, 0.29) is 6.04 Å². The summed E-state index contributed by atoms with van der Waals surface area (Å²) in [4.78, 5) is 1.22. The van der Waals surface area contributed by atoms with Crippen LogP contribution in [0.3, 0.4) is 0 Å². The first kappa shape index (κ1) is 14.2. The molecule has 1 heterocycles. The van der Waals surface area contributed by atoms with Gasteiger partial charge in [0.2, 0.25) is 0 Å². The highest BCUT2D eigenvalue weighted by atomic mass is 32.1. The van der Waals surface area contributed by atoms with Crippen molar-refractivity contribution in [3.05, 3.63) is 45.5 Å². The molecular weight excluding hydrogens is 254 g/mol.